The van der Waals surface area contributed by atoms with Gasteiger partial charge < -0.3 is 9.52 Å². The van der Waals surface area contributed by atoms with Crippen molar-refractivity contribution in [3.05, 3.63) is 29.1 Å². The summed E-state index contributed by atoms with van der Waals surface area (Å²) in [6.07, 6.45) is 0.264. The van der Waals surface area contributed by atoms with Crippen LogP contribution in [0.4, 0.5) is 0 Å². The number of oxazole rings is 1. The molecule has 1 aromatic heterocycles. The molecule has 1 N–H and O–H groups in total. The van der Waals surface area contributed by atoms with E-state index in [-0.39, 0.29) is 6.42 Å². The van der Waals surface area contributed by atoms with E-state index in [9.17, 15) is 4.79 Å². The minimum Gasteiger partial charge on any atom is -0.481 e. The molecule has 0 radical (unpaired) electrons. The molecule has 5 heteroatoms. The van der Waals surface area contributed by atoms with Gasteiger partial charge in [-0.15, -0.1) is 0 Å². The van der Waals surface area contributed by atoms with E-state index in [0.717, 1.165) is 0 Å². The van der Waals surface area contributed by atoms with E-state index in [2.05, 4.69) is 4.98 Å². The molecule has 0 bridgehead atoms. The van der Waals surface area contributed by atoms with Crippen LogP contribution in [-0.2, 0) is 11.2 Å². The molecule has 1 atom stereocenters. The molecule has 2 rings (SSSR count). The second-order valence-corrected chi connectivity index (χ2v) is 4.05. The molecule has 0 aliphatic rings. The number of nitrogens with zero attached hydrogens (tertiary/aromatic N) is 1. The van der Waals surface area contributed by atoms with E-state index in [1.165, 1.54) is 0 Å². The molecule has 1 unspecified atom stereocenters. The summed E-state index contributed by atoms with van der Waals surface area (Å²) in [5, 5.41) is 9.26. The second-order valence-electron chi connectivity index (χ2n) is 3.64. The third-order valence-corrected chi connectivity index (χ3v) is 2.61. The molecular formula is C11H10ClNO3. The van der Waals surface area contributed by atoms with Gasteiger partial charge in [0, 0.05) is 6.42 Å². The van der Waals surface area contributed by atoms with Gasteiger partial charge in [0.1, 0.15) is 5.52 Å². The lowest BCUT2D eigenvalue weighted by Gasteiger charge is -2.00. The molecular weight excluding hydrogens is 230 g/mol. The number of halogens is 1. The van der Waals surface area contributed by atoms with E-state index in [0.29, 0.717) is 22.0 Å². The van der Waals surface area contributed by atoms with E-state index in [4.69, 9.17) is 21.1 Å². The van der Waals surface area contributed by atoms with Crippen LogP contribution >= 0.6 is 11.6 Å². The minimum absolute atomic E-state index is 0.264. The van der Waals surface area contributed by atoms with Crippen molar-refractivity contribution in [2.75, 3.05) is 0 Å². The number of benzene rings is 1. The third kappa shape index (κ3) is 2.02. The number of hydrogen-bond donors (Lipinski definition) is 1. The lowest BCUT2D eigenvalue weighted by Crippen LogP contribution is -2.12. The van der Waals surface area contributed by atoms with Crippen molar-refractivity contribution >= 4 is 28.7 Å². The number of fused-ring (bicyclic) bond motifs is 1. The Morgan fingerprint density at radius 1 is 1.62 bits per heavy atom. The van der Waals surface area contributed by atoms with Gasteiger partial charge in [-0.05, 0) is 12.1 Å². The topological polar surface area (TPSA) is 63.3 Å². The number of aromatic nitrogens is 1. The average molecular weight is 240 g/mol. The molecule has 0 saturated carbocycles. The maximum absolute atomic E-state index is 10.7. The largest absolute Gasteiger partial charge is 0.481 e. The van der Waals surface area contributed by atoms with Crippen molar-refractivity contribution in [3.63, 3.8) is 0 Å². The van der Waals surface area contributed by atoms with Gasteiger partial charge in [-0.2, -0.15) is 0 Å². The predicted octanol–water partition coefficient (Wildman–Crippen LogP) is 2.74. The van der Waals surface area contributed by atoms with E-state index in [1.807, 2.05) is 0 Å². The van der Waals surface area contributed by atoms with Gasteiger partial charge in [-0.3, -0.25) is 4.79 Å². The van der Waals surface area contributed by atoms with Crippen LogP contribution in [0.1, 0.15) is 12.8 Å². The molecule has 16 heavy (non-hydrogen) atoms. The summed E-state index contributed by atoms with van der Waals surface area (Å²) in [6.45, 7) is 1.61. The van der Waals surface area contributed by atoms with Gasteiger partial charge in [-0.25, -0.2) is 4.98 Å². The first-order valence-corrected chi connectivity index (χ1v) is 5.22. The van der Waals surface area contributed by atoms with E-state index < -0.39 is 11.9 Å². The normalized spacial score (nSPS) is 12.9. The fourth-order valence-electron chi connectivity index (χ4n) is 1.40. The van der Waals surface area contributed by atoms with Crippen LogP contribution in [0.3, 0.4) is 0 Å². The molecule has 0 aliphatic heterocycles. The Labute approximate surface area is 96.8 Å². The van der Waals surface area contributed by atoms with Gasteiger partial charge in [0.05, 0.1) is 10.9 Å². The molecule has 84 valence electrons. The maximum atomic E-state index is 10.7. The summed E-state index contributed by atoms with van der Waals surface area (Å²) >= 11 is 5.92. The van der Waals surface area contributed by atoms with E-state index >= 15 is 0 Å². The van der Waals surface area contributed by atoms with Crippen molar-refractivity contribution < 1.29 is 14.3 Å². The first-order chi connectivity index (χ1) is 7.58. The number of carboxylic acids is 1. The minimum atomic E-state index is -0.867. The highest BCUT2D eigenvalue weighted by atomic mass is 35.5. The van der Waals surface area contributed by atoms with Crippen LogP contribution in [0.25, 0.3) is 11.1 Å². The molecule has 4 nitrogen and oxygen atoms in total. The number of carbonyl (C=O) groups is 1. The van der Waals surface area contributed by atoms with Crippen LogP contribution in [0.15, 0.2) is 22.6 Å². The first-order valence-electron chi connectivity index (χ1n) is 4.84. The van der Waals surface area contributed by atoms with Gasteiger partial charge >= 0.3 is 5.97 Å². The van der Waals surface area contributed by atoms with Gasteiger partial charge in [0.2, 0.25) is 0 Å². The molecule has 1 heterocycles. The zero-order chi connectivity index (χ0) is 11.7. The van der Waals surface area contributed by atoms with Crippen molar-refractivity contribution in [2.24, 2.45) is 5.92 Å². The van der Waals surface area contributed by atoms with Crippen molar-refractivity contribution in [1.82, 2.24) is 4.98 Å². The average Bonchev–Trinajstić information content (AvgIpc) is 2.61. The number of hydrogen-bond acceptors (Lipinski definition) is 3. The summed E-state index contributed by atoms with van der Waals surface area (Å²) in [5.74, 6) is -0.988. The molecule has 0 spiro atoms. The van der Waals surface area contributed by atoms with Crippen LogP contribution in [0.5, 0.6) is 0 Å². The summed E-state index contributed by atoms with van der Waals surface area (Å²) in [4.78, 5) is 14.9. The smallest absolute Gasteiger partial charge is 0.306 e. The van der Waals surface area contributed by atoms with Gasteiger partial charge in [0.25, 0.3) is 0 Å². The van der Waals surface area contributed by atoms with Gasteiger partial charge in [0.15, 0.2) is 11.5 Å². The fraction of sp³-hybridized carbons (Fsp3) is 0.273. The summed E-state index contributed by atoms with van der Waals surface area (Å²) in [7, 11) is 0. The highest BCUT2D eigenvalue weighted by Crippen LogP contribution is 2.24. The number of aliphatic carboxylic acids is 1. The van der Waals surface area contributed by atoms with Crippen molar-refractivity contribution in [2.45, 2.75) is 13.3 Å². The predicted molar refractivity (Wildman–Crippen MR) is 59.5 cm³/mol. The van der Waals surface area contributed by atoms with Crippen LogP contribution < -0.4 is 0 Å². The molecule has 0 amide bonds. The lowest BCUT2D eigenvalue weighted by atomic mass is 10.1. The standard InChI is InChI=1S/C11H10ClNO3/c1-6(11(14)15)5-9-13-8-4-2-3-7(12)10(8)16-9/h2-4,6H,5H2,1H3,(H,14,15). The summed E-state index contributed by atoms with van der Waals surface area (Å²) in [6, 6.07) is 5.26. The Balaban J connectivity index is 2.33. The maximum Gasteiger partial charge on any atom is 0.306 e. The van der Waals surface area contributed by atoms with Crippen LogP contribution in [-0.4, -0.2) is 16.1 Å². The van der Waals surface area contributed by atoms with Crippen LogP contribution in [0, 0.1) is 5.92 Å². The molecule has 2 aromatic rings. The Morgan fingerprint density at radius 3 is 3.00 bits per heavy atom. The monoisotopic (exact) mass is 239 g/mol. The highest BCUT2D eigenvalue weighted by Gasteiger charge is 2.16. The first kappa shape index (κ1) is 11.0. The third-order valence-electron chi connectivity index (χ3n) is 2.31. The summed E-state index contributed by atoms with van der Waals surface area (Å²) < 4.78 is 5.41. The Morgan fingerprint density at radius 2 is 2.38 bits per heavy atom. The SMILES string of the molecule is CC(Cc1nc2cccc(Cl)c2o1)C(=O)O. The zero-order valence-corrected chi connectivity index (χ0v) is 9.36. The number of rotatable bonds is 3. The highest BCUT2D eigenvalue weighted by molar-refractivity contribution is 6.34. The molecule has 1 aromatic carbocycles. The molecule has 0 aliphatic carbocycles. The lowest BCUT2D eigenvalue weighted by molar-refractivity contribution is -0.141. The van der Waals surface area contributed by atoms with Crippen molar-refractivity contribution in [3.8, 4) is 0 Å². The fourth-order valence-corrected chi connectivity index (χ4v) is 1.61. The number of para-hydroxylation sites is 1. The quantitative estimate of drug-likeness (QED) is 0.895. The number of carboxylic acid groups (broad SMARTS) is 1. The van der Waals surface area contributed by atoms with Gasteiger partial charge in [-0.1, -0.05) is 24.6 Å². The van der Waals surface area contributed by atoms with E-state index in [1.54, 1.807) is 25.1 Å². The Hall–Kier alpha value is -1.55. The van der Waals surface area contributed by atoms with Crippen LogP contribution in [0.2, 0.25) is 5.02 Å². The second kappa shape index (κ2) is 4.14. The molecule has 0 fully saturated rings. The van der Waals surface area contributed by atoms with Crippen molar-refractivity contribution in [1.29, 1.82) is 0 Å². The Kier molecular flexibility index (Phi) is 2.83. The summed E-state index contributed by atoms with van der Waals surface area (Å²) in [5.41, 5.74) is 1.16. The zero-order valence-electron chi connectivity index (χ0n) is 8.61. The Bertz CT molecular complexity index is 535. The molecule has 0 saturated heterocycles.